The minimum Gasteiger partial charge on any atom is -0.453 e. The van der Waals surface area contributed by atoms with Crippen LogP contribution in [-0.2, 0) is 4.74 Å². The predicted molar refractivity (Wildman–Crippen MR) is 79.9 cm³/mol. The van der Waals surface area contributed by atoms with Gasteiger partial charge in [-0.25, -0.2) is 4.79 Å². The number of hydrogen-bond acceptors (Lipinski definition) is 2. The van der Waals surface area contributed by atoms with E-state index in [1.54, 1.807) is 4.90 Å². The van der Waals surface area contributed by atoms with Crippen LogP contribution in [0.5, 0.6) is 0 Å². The van der Waals surface area contributed by atoms with Crippen LogP contribution in [-0.4, -0.2) is 36.2 Å². The van der Waals surface area contributed by atoms with Crippen LogP contribution in [0.15, 0.2) is 30.5 Å². The summed E-state index contributed by atoms with van der Waals surface area (Å²) in [7, 11) is 1.41. The van der Waals surface area contributed by atoms with Gasteiger partial charge in [0.2, 0.25) is 0 Å². The molecule has 1 amide bonds. The zero-order chi connectivity index (χ0) is 14.1. The van der Waals surface area contributed by atoms with Crippen molar-refractivity contribution in [3.63, 3.8) is 0 Å². The van der Waals surface area contributed by atoms with E-state index in [0.29, 0.717) is 13.1 Å². The van der Waals surface area contributed by atoms with Crippen molar-refractivity contribution in [2.24, 2.45) is 0 Å². The quantitative estimate of drug-likeness (QED) is 0.871. The number of amides is 1. The molecule has 1 aromatic heterocycles. The molecule has 0 aliphatic carbocycles. The van der Waals surface area contributed by atoms with Gasteiger partial charge in [-0.05, 0) is 24.1 Å². The van der Waals surface area contributed by atoms with Gasteiger partial charge in [-0.3, -0.25) is 0 Å². The lowest BCUT2D eigenvalue weighted by Gasteiger charge is -2.25. The highest BCUT2D eigenvalue weighted by atomic mass is 35.5. The second-order valence-electron chi connectivity index (χ2n) is 4.79. The first kappa shape index (κ1) is 13.1. The van der Waals surface area contributed by atoms with E-state index >= 15 is 0 Å². The Balaban J connectivity index is 1.89. The molecule has 0 saturated carbocycles. The maximum Gasteiger partial charge on any atom is 0.409 e. The normalized spacial score (nSPS) is 15.3. The number of aromatic nitrogens is 1. The third-order valence-electron chi connectivity index (χ3n) is 3.63. The third-order valence-corrected chi connectivity index (χ3v) is 3.87. The molecule has 4 nitrogen and oxygen atoms in total. The van der Waals surface area contributed by atoms with Crippen LogP contribution < -0.4 is 0 Å². The van der Waals surface area contributed by atoms with Crippen LogP contribution in [0.1, 0.15) is 12.0 Å². The Morgan fingerprint density at radius 1 is 1.45 bits per heavy atom. The number of aromatic amines is 1. The zero-order valence-corrected chi connectivity index (χ0v) is 11.9. The van der Waals surface area contributed by atoms with E-state index in [1.165, 1.54) is 18.2 Å². The SMILES string of the molecule is COC(=O)N1CC=C(c2c[nH]c3cc(Cl)ccc23)CC1. The standard InChI is InChI=1S/C15H15ClN2O2/c1-20-15(19)18-6-4-10(5-7-18)13-9-17-14-8-11(16)2-3-12(13)14/h2-4,8-9,17H,5-7H2,1H3. The number of carbonyl (C=O) groups is 1. The lowest BCUT2D eigenvalue weighted by molar-refractivity contribution is 0.128. The number of ether oxygens (including phenoxy) is 1. The zero-order valence-electron chi connectivity index (χ0n) is 11.1. The Morgan fingerprint density at radius 2 is 2.30 bits per heavy atom. The summed E-state index contributed by atoms with van der Waals surface area (Å²) < 4.78 is 4.74. The summed E-state index contributed by atoms with van der Waals surface area (Å²) in [5, 5.41) is 1.88. The molecule has 3 rings (SSSR count). The molecular formula is C15H15ClN2O2. The van der Waals surface area contributed by atoms with E-state index in [0.717, 1.165) is 22.3 Å². The van der Waals surface area contributed by atoms with Crippen LogP contribution in [0.2, 0.25) is 5.02 Å². The van der Waals surface area contributed by atoms with Gasteiger partial charge in [-0.15, -0.1) is 0 Å². The van der Waals surface area contributed by atoms with Gasteiger partial charge in [-0.2, -0.15) is 0 Å². The van der Waals surface area contributed by atoms with E-state index in [4.69, 9.17) is 16.3 Å². The van der Waals surface area contributed by atoms with Crippen molar-refractivity contribution in [3.8, 4) is 0 Å². The van der Waals surface area contributed by atoms with Gasteiger partial charge in [0.15, 0.2) is 0 Å². The third kappa shape index (κ3) is 2.27. The van der Waals surface area contributed by atoms with Gasteiger partial charge in [0.05, 0.1) is 7.11 Å². The largest absolute Gasteiger partial charge is 0.453 e. The number of halogens is 1. The number of nitrogens with one attached hydrogen (secondary N) is 1. The predicted octanol–water partition coefficient (Wildman–Crippen LogP) is 3.68. The summed E-state index contributed by atoms with van der Waals surface area (Å²) in [6.07, 6.45) is 4.63. The highest BCUT2D eigenvalue weighted by molar-refractivity contribution is 6.31. The maximum atomic E-state index is 11.5. The molecule has 0 radical (unpaired) electrons. The fourth-order valence-corrected chi connectivity index (χ4v) is 2.74. The molecular weight excluding hydrogens is 276 g/mol. The molecule has 0 fully saturated rings. The van der Waals surface area contributed by atoms with Gasteiger partial charge in [-0.1, -0.05) is 23.7 Å². The summed E-state index contributed by atoms with van der Waals surface area (Å²) >= 11 is 5.99. The van der Waals surface area contributed by atoms with Crippen LogP contribution in [0.4, 0.5) is 4.79 Å². The van der Waals surface area contributed by atoms with E-state index in [1.807, 2.05) is 24.4 Å². The average Bonchev–Trinajstić information content (AvgIpc) is 2.89. The van der Waals surface area contributed by atoms with Gasteiger partial charge < -0.3 is 14.6 Å². The van der Waals surface area contributed by atoms with Gasteiger partial charge in [0.1, 0.15) is 0 Å². The summed E-state index contributed by atoms with van der Waals surface area (Å²) in [6.45, 7) is 1.26. The molecule has 0 saturated heterocycles. The fourth-order valence-electron chi connectivity index (χ4n) is 2.57. The summed E-state index contributed by atoms with van der Waals surface area (Å²) in [4.78, 5) is 16.4. The minimum atomic E-state index is -0.272. The average molecular weight is 291 g/mol. The van der Waals surface area contributed by atoms with Crippen LogP contribution in [0.3, 0.4) is 0 Å². The van der Waals surface area contributed by atoms with Crippen LogP contribution in [0, 0.1) is 0 Å². The number of methoxy groups -OCH3 is 1. The van der Waals surface area contributed by atoms with Gasteiger partial charge >= 0.3 is 6.09 Å². The van der Waals surface area contributed by atoms with Crippen LogP contribution in [0.25, 0.3) is 16.5 Å². The molecule has 0 atom stereocenters. The van der Waals surface area contributed by atoms with Crippen molar-refractivity contribution in [3.05, 3.63) is 41.1 Å². The molecule has 20 heavy (non-hydrogen) atoms. The summed E-state index contributed by atoms with van der Waals surface area (Å²) in [5.41, 5.74) is 3.46. The first-order valence-electron chi connectivity index (χ1n) is 6.48. The molecule has 0 bridgehead atoms. The Bertz CT molecular complexity index is 690. The second kappa shape index (κ2) is 5.21. The number of fused-ring (bicyclic) bond motifs is 1. The number of carbonyl (C=O) groups excluding carboxylic acids is 1. The highest BCUT2D eigenvalue weighted by Crippen LogP contribution is 2.30. The van der Waals surface area contributed by atoms with Crippen molar-refractivity contribution >= 4 is 34.2 Å². The molecule has 5 heteroatoms. The monoisotopic (exact) mass is 290 g/mol. The Kier molecular flexibility index (Phi) is 3.40. The number of rotatable bonds is 1. The molecule has 0 spiro atoms. The first-order valence-corrected chi connectivity index (χ1v) is 6.86. The fraction of sp³-hybridized carbons (Fsp3) is 0.267. The maximum absolute atomic E-state index is 11.5. The Hall–Kier alpha value is -1.94. The highest BCUT2D eigenvalue weighted by Gasteiger charge is 2.19. The Labute approximate surface area is 122 Å². The van der Waals surface area contributed by atoms with E-state index in [2.05, 4.69) is 11.1 Å². The molecule has 1 aromatic carbocycles. The summed E-state index contributed by atoms with van der Waals surface area (Å²) in [6, 6.07) is 5.84. The second-order valence-corrected chi connectivity index (χ2v) is 5.22. The lowest BCUT2D eigenvalue weighted by Crippen LogP contribution is -2.34. The summed E-state index contributed by atoms with van der Waals surface area (Å²) in [5.74, 6) is 0. The van der Waals surface area contributed by atoms with Crippen molar-refractivity contribution in [2.75, 3.05) is 20.2 Å². The molecule has 1 aliphatic rings. The van der Waals surface area contributed by atoms with Crippen molar-refractivity contribution in [1.82, 2.24) is 9.88 Å². The lowest BCUT2D eigenvalue weighted by atomic mass is 9.99. The Morgan fingerprint density at radius 3 is 3.00 bits per heavy atom. The molecule has 104 valence electrons. The number of H-pyrrole nitrogens is 1. The number of benzene rings is 1. The van der Waals surface area contributed by atoms with Crippen LogP contribution >= 0.6 is 11.6 Å². The molecule has 1 aliphatic heterocycles. The number of hydrogen-bond donors (Lipinski definition) is 1. The van der Waals surface area contributed by atoms with Crippen molar-refractivity contribution < 1.29 is 9.53 Å². The van der Waals surface area contributed by atoms with E-state index < -0.39 is 0 Å². The van der Waals surface area contributed by atoms with E-state index in [9.17, 15) is 4.79 Å². The number of nitrogens with zero attached hydrogens (tertiary/aromatic N) is 1. The topological polar surface area (TPSA) is 45.3 Å². The molecule has 1 N–H and O–H groups in total. The van der Waals surface area contributed by atoms with Gasteiger partial charge in [0.25, 0.3) is 0 Å². The smallest absolute Gasteiger partial charge is 0.409 e. The molecule has 0 unspecified atom stereocenters. The molecule has 2 aromatic rings. The molecule has 2 heterocycles. The first-order chi connectivity index (χ1) is 9.69. The van der Waals surface area contributed by atoms with Crippen molar-refractivity contribution in [1.29, 1.82) is 0 Å². The van der Waals surface area contributed by atoms with E-state index in [-0.39, 0.29) is 6.09 Å². The van der Waals surface area contributed by atoms with Gasteiger partial charge in [0, 0.05) is 40.8 Å². The van der Waals surface area contributed by atoms with Crippen molar-refractivity contribution in [2.45, 2.75) is 6.42 Å². The minimum absolute atomic E-state index is 0.272.